The van der Waals surface area contributed by atoms with Crippen molar-refractivity contribution in [2.75, 3.05) is 52.5 Å². The number of likely N-dealkylation sites (tertiary alicyclic amines) is 1. The van der Waals surface area contributed by atoms with Gasteiger partial charge in [-0.2, -0.15) is 0 Å². The maximum absolute atomic E-state index is 11.2. The molecule has 0 aromatic rings. The van der Waals surface area contributed by atoms with E-state index in [9.17, 15) is 4.79 Å². The quantitative estimate of drug-likeness (QED) is 0.290. The van der Waals surface area contributed by atoms with Crippen molar-refractivity contribution in [2.24, 2.45) is 16.6 Å². The van der Waals surface area contributed by atoms with Crippen molar-refractivity contribution in [3.63, 3.8) is 0 Å². The van der Waals surface area contributed by atoms with Crippen LogP contribution in [-0.2, 0) is 9.53 Å². The Bertz CT molecular complexity index is 368. The van der Waals surface area contributed by atoms with Gasteiger partial charge in [0.05, 0.1) is 6.61 Å². The van der Waals surface area contributed by atoms with E-state index < -0.39 is 0 Å². The smallest absolute Gasteiger partial charge is 0.220 e. The fraction of sp³-hybridized carbons (Fsp3) is 0.882. The van der Waals surface area contributed by atoms with Gasteiger partial charge in [0.2, 0.25) is 5.91 Å². The molecule has 1 saturated heterocycles. The fourth-order valence-electron chi connectivity index (χ4n) is 2.81. The Morgan fingerprint density at radius 2 is 2.00 bits per heavy atom. The number of carbonyl (C=O) groups is 1. The number of hydrogen-bond donors (Lipinski definition) is 3. The fourth-order valence-corrected chi connectivity index (χ4v) is 2.81. The number of carbonyl (C=O) groups excluding carboxylic acids is 1. The van der Waals surface area contributed by atoms with Crippen molar-refractivity contribution < 1.29 is 9.53 Å². The third kappa shape index (κ3) is 9.08. The zero-order chi connectivity index (χ0) is 17.6. The van der Waals surface area contributed by atoms with E-state index in [2.05, 4.69) is 27.4 Å². The molecule has 0 spiro atoms. The Balaban J connectivity index is 2.12. The number of aliphatic imine (C=N–C) groups is 1. The van der Waals surface area contributed by atoms with Crippen LogP contribution in [0.4, 0.5) is 0 Å². The largest absolute Gasteiger partial charge is 0.380 e. The number of rotatable bonds is 11. The van der Waals surface area contributed by atoms with E-state index >= 15 is 0 Å². The summed E-state index contributed by atoms with van der Waals surface area (Å²) in [5, 5.41) is 6.52. The molecule has 1 aliphatic heterocycles. The summed E-state index contributed by atoms with van der Waals surface area (Å²) in [5.41, 5.74) is 5.36. The first-order chi connectivity index (χ1) is 11.7. The maximum Gasteiger partial charge on any atom is 0.220 e. The van der Waals surface area contributed by atoms with Crippen LogP contribution < -0.4 is 16.4 Å². The second kappa shape index (κ2) is 13.0. The number of unbranched alkanes of at least 4 members (excludes halogenated alkanes) is 1. The van der Waals surface area contributed by atoms with Gasteiger partial charge in [-0.3, -0.25) is 9.79 Å². The number of primary amides is 1. The highest BCUT2D eigenvalue weighted by Gasteiger charge is 2.22. The second-order valence-electron chi connectivity index (χ2n) is 6.11. The number of guanidine groups is 1. The van der Waals surface area contributed by atoms with Crippen molar-refractivity contribution in [1.29, 1.82) is 0 Å². The van der Waals surface area contributed by atoms with E-state index in [4.69, 9.17) is 10.5 Å². The molecule has 7 heteroatoms. The van der Waals surface area contributed by atoms with E-state index in [0.29, 0.717) is 6.61 Å². The van der Waals surface area contributed by atoms with Gasteiger partial charge in [-0.1, -0.05) is 0 Å². The molecule has 0 saturated carbocycles. The lowest BCUT2D eigenvalue weighted by Crippen LogP contribution is -2.39. The Labute approximate surface area is 146 Å². The highest BCUT2D eigenvalue weighted by molar-refractivity contribution is 5.79. The molecule has 0 bridgehead atoms. The SMILES string of the molecule is CCNC(=NCCCCN1CCC(C(N)=O)CC1)NCCOCC. The lowest BCUT2D eigenvalue weighted by atomic mass is 9.96. The van der Waals surface area contributed by atoms with E-state index in [0.717, 1.165) is 77.5 Å². The Kier molecular flexibility index (Phi) is 11.2. The van der Waals surface area contributed by atoms with Crippen LogP contribution in [0.15, 0.2) is 4.99 Å². The molecule has 0 aliphatic carbocycles. The standard InChI is InChI=1S/C17H35N5O2/c1-3-19-17(21-10-14-24-4-2)20-9-5-6-11-22-12-7-15(8-13-22)16(18)23/h15H,3-14H2,1-2H3,(H2,18,23)(H2,19,20,21). The van der Waals surface area contributed by atoms with Crippen molar-refractivity contribution in [2.45, 2.75) is 39.5 Å². The molecule has 1 fully saturated rings. The van der Waals surface area contributed by atoms with E-state index in [-0.39, 0.29) is 11.8 Å². The summed E-state index contributed by atoms with van der Waals surface area (Å²) in [6.45, 7) is 11.0. The van der Waals surface area contributed by atoms with Gasteiger partial charge < -0.3 is 26.0 Å². The number of ether oxygens (including phenoxy) is 1. The second-order valence-corrected chi connectivity index (χ2v) is 6.11. The van der Waals surface area contributed by atoms with Crippen LogP contribution in [0.1, 0.15) is 39.5 Å². The summed E-state index contributed by atoms with van der Waals surface area (Å²) in [5.74, 6) is 0.799. The van der Waals surface area contributed by atoms with Crippen LogP contribution in [0.5, 0.6) is 0 Å². The summed E-state index contributed by atoms with van der Waals surface area (Å²) in [7, 11) is 0. The predicted octanol–water partition coefficient (Wildman–Crippen LogP) is 0.556. The summed E-state index contributed by atoms with van der Waals surface area (Å²) >= 11 is 0. The van der Waals surface area contributed by atoms with Gasteiger partial charge in [-0.25, -0.2) is 0 Å². The van der Waals surface area contributed by atoms with Gasteiger partial charge >= 0.3 is 0 Å². The monoisotopic (exact) mass is 341 g/mol. The average molecular weight is 342 g/mol. The van der Waals surface area contributed by atoms with Crippen LogP contribution in [0.3, 0.4) is 0 Å². The molecule has 24 heavy (non-hydrogen) atoms. The number of hydrogen-bond acceptors (Lipinski definition) is 4. The van der Waals surface area contributed by atoms with Crippen LogP contribution in [0.2, 0.25) is 0 Å². The summed E-state index contributed by atoms with van der Waals surface area (Å²) in [4.78, 5) is 18.2. The van der Waals surface area contributed by atoms with Gasteiger partial charge in [-0.05, 0) is 59.2 Å². The van der Waals surface area contributed by atoms with Crippen molar-refractivity contribution in [3.05, 3.63) is 0 Å². The summed E-state index contributed by atoms with van der Waals surface area (Å²) in [6, 6.07) is 0. The van der Waals surface area contributed by atoms with Crippen LogP contribution in [-0.4, -0.2) is 69.2 Å². The molecule has 0 atom stereocenters. The molecule has 0 radical (unpaired) electrons. The minimum absolute atomic E-state index is 0.0799. The van der Waals surface area contributed by atoms with Gasteiger partial charge in [0.15, 0.2) is 5.96 Å². The number of nitrogens with zero attached hydrogens (tertiary/aromatic N) is 2. The minimum Gasteiger partial charge on any atom is -0.380 e. The van der Waals surface area contributed by atoms with Gasteiger partial charge in [0.25, 0.3) is 0 Å². The normalized spacial score (nSPS) is 17.0. The van der Waals surface area contributed by atoms with Crippen LogP contribution >= 0.6 is 0 Å². The van der Waals surface area contributed by atoms with E-state index in [1.165, 1.54) is 0 Å². The number of piperidine rings is 1. The molecule has 1 aliphatic rings. The Morgan fingerprint density at radius 1 is 1.25 bits per heavy atom. The van der Waals surface area contributed by atoms with Gasteiger partial charge in [0.1, 0.15) is 0 Å². The van der Waals surface area contributed by atoms with Crippen molar-refractivity contribution in [3.8, 4) is 0 Å². The maximum atomic E-state index is 11.2. The number of nitrogens with one attached hydrogen (secondary N) is 2. The average Bonchev–Trinajstić information content (AvgIpc) is 2.58. The Morgan fingerprint density at radius 3 is 2.62 bits per heavy atom. The third-order valence-corrected chi connectivity index (χ3v) is 4.23. The summed E-state index contributed by atoms with van der Waals surface area (Å²) in [6.07, 6.45) is 4.00. The number of nitrogens with two attached hydrogens (primary N) is 1. The van der Waals surface area contributed by atoms with Crippen molar-refractivity contribution >= 4 is 11.9 Å². The molecule has 1 rings (SSSR count). The lowest BCUT2D eigenvalue weighted by molar-refractivity contribution is -0.123. The molecular formula is C17H35N5O2. The molecule has 0 aromatic carbocycles. The zero-order valence-electron chi connectivity index (χ0n) is 15.4. The topological polar surface area (TPSA) is 92.0 Å². The Hall–Kier alpha value is -1.34. The molecule has 1 amide bonds. The van der Waals surface area contributed by atoms with E-state index in [1.807, 2.05) is 6.92 Å². The van der Waals surface area contributed by atoms with Gasteiger partial charge in [-0.15, -0.1) is 0 Å². The predicted molar refractivity (Wildman–Crippen MR) is 98.1 cm³/mol. The first-order valence-corrected chi connectivity index (χ1v) is 9.29. The lowest BCUT2D eigenvalue weighted by Gasteiger charge is -2.30. The molecule has 0 aromatic heterocycles. The molecule has 4 N–H and O–H groups in total. The van der Waals surface area contributed by atoms with Crippen molar-refractivity contribution in [1.82, 2.24) is 15.5 Å². The molecular weight excluding hydrogens is 306 g/mol. The van der Waals surface area contributed by atoms with Crippen LogP contribution in [0, 0.1) is 5.92 Å². The molecule has 140 valence electrons. The number of amides is 1. The first-order valence-electron chi connectivity index (χ1n) is 9.29. The molecule has 1 heterocycles. The highest BCUT2D eigenvalue weighted by atomic mass is 16.5. The van der Waals surface area contributed by atoms with Gasteiger partial charge in [0, 0.05) is 32.2 Å². The molecule has 7 nitrogen and oxygen atoms in total. The summed E-state index contributed by atoms with van der Waals surface area (Å²) < 4.78 is 5.31. The zero-order valence-corrected chi connectivity index (χ0v) is 15.4. The first kappa shape index (κ1) is 20.7. The van der Waals surface area contributed by atoms with Crippen LogP contribution in [0.25, 0.3) is 0 Å². The highest BCUT2D eigenvalue weighted by Crippen LogP contribution is 2.16. The third-order valence-electron chi connectivity index (χ3n) is 4.23. The minimum atomic E-state index is -0.142. The molecule has 0 unspecified atom stereocenters. The van der Waals surface area contributed by atoms with E-state index in [1.54, 1.807) is 0 Å².